The highest BCUT2D eigenvalue weighted by Crippen LogP contribution is 2.61. The highest BCUT2D eigenvalue weighted by molar-refractivity contribution is 7.70. The van der Waals surface area contributed by atoms with E-state index in [9.17, 15) is 9.13 Å². The summed E-state index contributed by atoms with van der Waals surface area (Å²) >= 11 is 0. The molecule has 2 atom stereocenters. The van der Waals surface area contributed by atoms with Crippen LogP contribution in [-0.4, -0.2) is 32.0 Å². The molecular weight excluding hydrogens is 246 g/mol. The van der Waals surface area contributed by atoms with Crippen molar-refractivity contribution >= 4 is 15.2 Å². The Kier molecular flexibility index (Phi) is 6.21. The summed E-state index contributed by atoms with van der Waals surface area (Å²) in [5.74, 6) is 0. The predicted octanol–water partition coefficient (Wildman–Crippen LogP) is 0.832. The van der Waals surface area contributed by atoms with Gasteiger partial charge in [-0.2, -0.15) is 0 Å². The van der Waals surface area contributed by atoms with Gasteiger partial charge in [-0.3, -0.25) is 9.13 Å². The average Bonchev–Trinajstić information content (AvgIpc) is 2.10. The number of hydrogen-bond donors (Lipinski definition) is 4. The van der Waals surface area contributed by atoms with E-state index in [1.54, 1.807) is 0 Å². The van der Waals surface area contributed by atoms with E-state index in [2.05, 4.69) is 4.52 Å². The van der Waals surface area contributed by atoms with Gasteiger partial charge in [-0.05, 0) is 6.42 Å². The standard InChI is InChI=1S/C6H16O7P2/c1-2-3-4-5-13-15(11,12)6(7)14(8,9)10/h6-7H,2-5H2,1H3,(H,11,12)(H2,8,9,10). The molecule has 0 aromatic carbocycles. The molecule has 0 aliphatic rings. The van der Waals surface area contributed by atoms with Crippen LogP contribution >= 0.6 is 15.2 Å². The molecule has 0 radical (unpaired) electrons. The third-order valence-corrected chi connectivity index (χ3v) is 5.13. The minimum Gasteiger partial charge on any atom is -0.370 e. The van der Waals surface area contributed by atoms with Crippen LogP contribution < -0.4 is 0 Å². The molecule has 2 unspecified atom stereocenters. The van der Waals surface area contributed by atoms with Crippen molar-refractivity contribution in [1.82, 2.24) is 0 Å². The molecule has 15 heavy (non-hydrogen) atoms. The summed E-state index contributed by atoms with van der Waals surface area (Å²) in [5.41, 5.74) is -2.66. The normalized spacial score (nSPS) is 18.5. The molecule has 7 nitrogen and oxygen atoms in total. The minimum atomic E-state index is -5.02. The van der Waals surface area contributed by atoms with E-state index in [1.807, 2.05) is 6.92 Å². The molecule has 0 bridgehead atoms. The van der Waals surface area contributed by atoms with Gasteiger partial charge in [0.1, 0.15) is 0 Å². The van der Waals surface area contributed by atoms with Gasteiger partial charge in [0, 0.05) is 0 Å². The molecule has 0 aromatic rings. The first-order chi connectivity index (χ1) is 6.72. The summed E-state index contributed by atoms with van der Waals surface area (Å²) in [7, 11) is -9.67. The SMILES string of the molecule is CCCCCOP(=O)(O)C(O)P(=O)(O)O. The second-order valence-corrected chi connectivity index (χ2v) is 6.99. The topological polar surface area (TPSA) is 124 Å². The molecule has 0 aliphatic heterocycles. The Labute approximate surface area is 87.8 Å². The van der Waals surface area contributed by atoms with Crippen molar-refractivity contribution in [3.05, 3.63) is 0 Å². The molecular formula is C6H16O7P2. The molecule has 0 fully saturated rings. The van der Waals surface area contributed by atoms with Crippen LogP contribution in [0.5, 0.6) is 0 Å². The predicted molar refractivity (Wildman–Crippen MR) is 53.4 cm³/mol. The molecule has 0 rings (SSSR count). The molecule has 0 spiro atoms. The Morgan fingerprint density at radius 1 is 1.20 bits per heavy atom. The lowest BCUT2D eigenvalue weighted by Gasteiger charge is -2.18. The Bertz CT molecular complexity index is 273. The Hall–Kier alpha value is 0.260. The zero-order valence-electron chi connectivity index (χ0n) is 8.31. The molecule has 9 heteroatoms. The second kappa shape index (κ2) is 6.11. The van der Waals surface area contributed by atoms with Gasteiger partial charge in [0.05, 0.1) is 6.61 Å². The summed E-state index contributed by atoms with van der Waals surface area (Å²) in [6, 6.07) is 0. The lowest BCUT2D eigenvalue weighted by Crippen LogP contribution is -2.10. The number of aliphatic hydroxyl groups excluding tert-OH is 1. The van der Waals surface area contributed by atoms with Gasteiger partial charge >= 0.3 is 15.2 Å². The highest BCUT2D eigenvalue weighted by atomic mass is 31.2. The van der Waals surface area contributed by atoms with Gasteiger partial charge in [-0.1, -0.05) is 19.8 Å². The number of hydrogen-bond acceptors (Lipinski definition) is 4. The second-order valence-electron chi connectivity index (χ2n) is 3.04. The van der Waals surface area contributed by atoms with Gasteiger partial charge < -0.3 is 24.3 Å². The van der Waals surface area contributed by atoms with Gasteiger partial charge in [0.25, 0.3) is 5.59 Å². The van der Waals surface area contributed by atoms with Crippen LogP contribution in [0.15, 0.2) is 0 Å². The summed E-state index contributed by atoms with van der Waals surface area (Å²) in [6.45, 7) is 1.81. The molecule has 92 valence electrons. The summed E-state index contributed by atoms with van der Waals surface area (Å²) in [5, 5.41) is 8.87. The minimum absolute atomic E-state index is 0.112. The van der Waals surface area contributed by atoms with E-state index >= 15 is 0 Å². The third kappa shape index (κ3) is 5.78. The maximum atomic E-state index is 11.1. The lowest BCUT2D eigenvalue weighted by atomic mass is 10.3. The lowest BCUT2D eigenvalue weighted by molar-refractivity contribution is 0.186. The summed E-state index contributed by atoms with van der Waals surface area (Å²) in [4.78, 5) is 26.0. The fraction of sp³-hybridized carbons (Fsp3) is 1.00. The van der Waals surface area contributed by atoms with Crippen LogP contribution in [0.1, 0.15) is 26.2 Å². The number of aliphatic hydroxyl groups is 1. The van der Waals surface area contributed by atoms with Crippen LogP contribution in [0.25, 0.3) is 0 Å². The molecule has 0 aromatic heterocycles. The zero-order valence-corrected chi connectivity index (χ0v) is 10.1. The van der Waals surface area contributed by atoms with Crippen molar-refractivity contribution in [2.45, 2.75) is 31.8 Å². The molecule has 0 amide bonds. The smallest absolute Gasteiger partial charge is 0.368 e. The zero-order chi connectivity index (χ0) is 12.1. The van der Waals surface area contributed by atoms with E-state index in [1.165, 1.54) is 0 Å². The maximum absolute atomic E-state index is 11.1. The quantitative estimate of drug-likeness (QED) is 0.395. The summed E-state index contributed by atoms with van der Waals surface area (Å²) < 4.78 is 26.0. The van der Waals surface area contributed by atoms with Gasteiger partial charge in [-0.15, -0.1) is 0 Å². The molecule has 0 aliphatic carbocycles. The number of unbranched alkanes of at least 4 members (excludes halogenated alkanes) is 2. The van der Waals surface area contributed by atoms with E-state index in [0.29, 0.717) is 6.42 Å². The maximum Gasteiger partial charge on any atom is 0.368 e. The van der Waals surface area contributed by atoms with Crippen molar-refractivity contribution in [2.24, 2.45) is 0 Å². The monoisotopic (exact) mass is 262 g/mol. The Morgan fingerprint density at radius 2 is 1.73 bits per heavy atom. The van der Waals surface area contributed by atoms with Crippen LogP contribution in [0.2, 0.25) is 0 Å². The van der Waals surface area contributed by atoms with Crippen molar-refractivity contribution in [3.8, 4) is 0 Å². The first kappa shape index (κ1) is 15.3. The highest BCUT2D eigenvalue weighted by Gasteiger charge is 2.44. The molecule has 0 saturated heterocycles. The first-order valence-corrected chi connectivity index (χ1v) is 7.75. The van der Waals surface area contributed by atoms with Gasteiger partial charge in [0.15, 0.2) is 0 Å². The Morgan fingerprint density at radius 3 is 2.13 bits per heavy atom. The first-order valence-electron chi connectivity index (χ1n) is 4.42. The van der Waals surface area contributed by atoms with Gasteiger partial charge in [0.2, 0.25) is 0 Å². The Balaban J connectivity index is 4.18. The molecule has 0 saturated carbocycles. The van der Waals surface area contributed by atoms with Gasteiger partial charge in [-0.25, -0.2) is 0 Å². The number of rotatable bonds is 7. The van der Waals surface area contributed by atoms with Crippen LogP contribution in [0, 0.1) is 0 Å². The molecule has 4 N–H and O–H groups in total. The fourth-order valence-electron chi connectivity index (χ4n) is 0.804. The van der Waals surface area contributed by atoms with Crippen LogP contribution in [0.3, 0.4) is 0 Å². The fourth-order valence-corrected chi connectivity index (χ4v) is 3.05. The van der Waals surface area contributed by atoms with E-state index in [0.717, 1.165) is 12.8 Å². The van der Waals surface area contributed by atoms with E-state index in [4.69, 9.17) is 19.8 Å². The summed E-state index contributed by atoms with van der Waals surface area (Å²) in [6.07, 6.45) is 2.14. The van der Waals surface area contributed by atoms with Crippen molar-refractivity contribution in [2.75, 3.05) is 6.61 Å². The van der Waals surface area contributed by atoms with E-state index in [-0.39, 0.29) is 6.61 Å². The van der Waals surface area contributed by atoms with Crippen LogP contribution in [-0.2, 0) is 13.7 Å². The molecule has 0 heterocycles. The van der Waals surface area contributed by atoms with Crippen molar-refractivity contribution < 1.29 is 33.4 Å². The van der Waals surface area contributed by atoms with Crippen molar-refractivity contribution in [1.29, 1.82) is 0 Å². The largest absolute Gasteiger partial charge is 0.370 e. The van der Waals surface area contributed by atoms with Crippen molar-refractivity contribution in [3.63, 3.8) is 0 Å². The van der Waals surface area contributed by atoms with E-state index < -0.39 is 20.8 Å². The average molecular weight is 262 g/mol. The van der Waals surface area contributed by atoms with Crippen LogP contribution in [0.4, 0.5) is 0 Å². The third-order valence-electron chi connectivity index (χ3n) is 1.62.